The molecule has 1 aromatic carbocycles. The Morgan fingerprint density at radius 3 is 2.76 bits per heavy atom. The number of piperidine rings is 1. The van der Waals surface area contributed by atoms with Crippen LogP contribution in [-0.2, 0) is 6.54 Å². The average Bonchev–Trinajstić information content (AvgIpc) is 2.28. The Kier molecular flexibility index (Phi) is 3.55. The van der Waals surface area contributed by atoms with Crippen LogP contribution in [0.15, 0.2) is 24.3 Å². The van der Waals surface area contributed by atoms with Crippen molar-refractivity contribution in [2.75, 3.05) is 6.54 Å². The van der Waals surface area contributed by atoms with E-state index in [4.69, 9.17) is 5.73 Å². The highest BCUT2D eigenvalue weighted by molar-refractivity contribution is 5.25. The van der Waals surface area contributed by atoms with Crippen LogP contribution in [-0.4, -0.2) is 23.0 Å². The van der Waals surface area contributed by atoms with Crippen molar-refractivity contribution in [3.8, 4) is 0 Å². The smallest absolute Gasteiger partial charge is 0.0307 e. The van der Waals surface area contributed by atoms with E-state index in [1.807, 2.05) is 0 Å². The van der Waals surface area contributed by atoms with Gasteiger partial charge in [0.25, 0.3) is 0 Å². The van der Waals surface area contributed by atoms with Crippen molar-refractivity contribution in [2.24, 2.45) is 5.73 Å². The number of nitrogens with zero attached hydrogens (tertiary/aromatic N) is 1. The van der Waals surface area contributed by atoms with Crippen molar-refractivity contribution in [2.45, 2.75) is 51.7 Å². The second kappa shape index (κ2) is 4.79. The summed E-state index contributed by atoms with van der Waals surface area (Å²) >= 11 is 0. The van der Waals surface area contributed by atoms with Gasteiger partial charge in [0.15, 0.2) is 0 Å². The summed E-state index contributed by atoms with van der Waals surface area (Å²) in [6.45, 7) is 8.92. The van der Waals surface area contributed by atoms with Gasteiger partial charge in [-0.3, -0.25) is 4.90 Å². The lowest BCUT2D eigenvalue weighted by Crippen LogP contribution is -2.59. The highest BCUT2D eigenvalue weighted by Crippen LogP contribution is 2.28. The first-order chi connectivity index (χ1) is 8.01. The normalized spacial score (nSPS) is 24.8. The van der Waals surface area contributed by atoms with Gasteiger partial charge in [-0.25, -0.2) is 0 Å². The maximum atomic E-state index is 6.25. The van der Waals surface area contributed by atoms with Crippen molar-refractivity contribution < 1.29 is 0 Å². The first-order valence-electron chi connectivity index (χ1n) is 6.57. The van der Waals surface area contributed by atoms with Crippen molar-refractivity contribution in [3.05, 3.63) is 35.4 Å². The van der Waals surface area contributed by atoms with E-state index in [9.17, 15) is 0 Å². The van der Waals surface area contributed by atoms with Crippen molar-refractivity contribution in [3.63, 3.8) is 0 Å². The Bertz CT molecular complexity index is 384. The van der Waals surface area contributed by atoms with E-state index in [2.05, 4.69) is 49.9 Å². The Labute approximate surface area is 105 Å². The van der Waals surface area contributed by atoms with Crippen LogP contribution in [0.4, 0.5) is 0 Å². The Morgan fingerprint density at radius 2 is 2.06 bits per heavy atom. The van der Waals surface area contributed by atoms with Crippen LogP contribution in [0.2, 0.25) is 0 Å². The third kappa shape index (κ3) is 2.53. The zero-order valence-electron chi connectivity index (χ0n) is 11.2. The van der Waals surface area contributed by atoms with Crippen LogP contribution in [0.5, 0.6) is 0 Å². The zero-order chi connectivity index (χ0) is 12.5. The molecule has 94 valence electrons. The molecule has 1 heterocycles. The van der Waals surface area contributed by atoms with Gasteiger partial charge >= 0.3 is 0 Å². The van der Waals surface area contributed by atoms with Gasteiger partial charge < -0.3 is 5.73 Å². The fourth-order valence-electron chi connectivity index (χ4n) is 2.65. The van der Waals surface area contributed by atoms with Crippen LogP contribution in [0.25, 0.3) is 0 Å². The fourth-order valence-corrected chi connectivity index (χ4v) is 2.65. The minimum Gasteiger partial charge on any atom is -0.326 e. The molecule has 17 heavy (non-hydrogen) atoms. The highest BCUT2D eigenvalue weighted by Gasteiger charge is 2.36. The topological polar surface area (TPSA) is 29.3 Å². The molecule has 0 bridgehead atoms. The minimum atomic E-state index is 0.112. The molecule has 1 saturated heterocycles. The largest absolute Gasteiger partial charge is 0.326 e. The SMILES string of the molecule is Cc1ccccc1CN1CCCC(N)C1(C)C. The Morgan fingerprint density at radius 1 is 1.35 bits per heavy atom. The maximum Gasteiger partial charge on any atom is 0.0307 e. The fraction of sp³-hybridized carbons (Fsp3) is 0.600. The van der Waals surface area contributed by atoms with Gasteiger partial charge in [-0.05, 0) is 51.3 Å². The number of aryl methyl sites for hydroxylation is 1. The molecule has 0 amide bonds. The number of likely N-dealkylation sites (tertiary alicyclic amines) is 1. The second-order valence-electron chi connectivity index (χ2n) is 5.75. The number of nitrogens with two attached hydrogens (primary N) is 1. The molecule has 0 saturated carbocycles. The van der Waals surface area contributed by atoms with Gasteiger partial charge in [-0.15, -0.1) is 0 Å². The van der Waals surface area contributed by atoms with Crippen LogP contribution >= 0.6 is 0 Å². The molecule has 1 fully saturated rings. The molecule has 2 nitrogen and oxygen atoms in total. The van der Waals surface area contributed by atoms with Crippen molar-refractivity contribution in [1.29, 1.82) is 0 Å². The lowest BCUT2D eigenvalue weighted by Gasteiger charge is -2.47. The molecule has 2 rings (SSSR count). The zero-order valence-corrected chi connectivity index (χ0v) is 11.2. The molecule has 0 aromatic heterocycles. The van der Waals surface area contributed by atoms with E-state index in [-0.39, 0.29) is 5.54 Å². The molecule has 0 radical (unpaired) electrons. The summed E-state index contributed by atoms with van der Waals surface area (Å²) in [6, 6.07) is 8.93. The molecule has 2 N–H and O–H groups in total. The van der Waals surface area contributed by atoms with Gasteiger partial charge in [0.1, 0.15) is 0 Å². The van der Waals surface area contributed by atoms with Gasteiger partial charge in [0, 0.05) is 18.1 Å². The van der Waals surface area contributed by atoms with Gasteiger partial charge in [0.2, 0.25) is 0 Å². The third-order valence-corrected chi connectivity index (χ3v) is 4.29. The lowest BCUT2D eigenvalue weighted by atomic mass is 9.85. The maximum absolute atomic E-state index is 6.25. The summed E-state index contributed by atoms with van der Waals surface area (Å²) in [5.41, 5.74) is 9.17. The summed E-state index contributed by atoms with van der Waals surface area (Å²) in [7, 11) is 0. The average molecular weight is 232 g/mol. The van der Waals surface area contributed by atoms with E-state index in [0.29, 0.717) is 6.04 Å². The molecule has 1 aliphatic heterocycles. The van der Waals surface area contributed by atoms with E-state index < -0.39 is 0 Å². The summed E-state index contributed by atoms with van der Waals surface area (Å²) in [4.78, 5) is 2.53. The number of rotatable bonds is 2. The second-order valence-corrected chi connectivity index (χ2v) is 5.75. The lowest BCUT2D eigenvalue weighted by molar-refractivity contribution is 0.0500. The van der Waals surface area contributed by atoms with Crippen LogP contribution in [0.1, 0.15) is 37.8 Å². The quantitative estimate of drug-likeness (QED) is 0.849. The molecule has 1 unspecified atom stereocenters. The predicted octanol–water partition coefficient (Wildman–Crippen LogP) is 2.70. The molecule has 1 atom stereocenters. The van der Waals surface area contributed by atoms with E-state index in [0.717, 1.165) is 19.5 Å². The van der Waals surface area contributed by atoms with Crippen LogP contribution < -0.4 is 5.73 Å². The molecule has 1 aromatic rings. The summed E-state index contributed by atoms with van der Waals surface area (Å²) in [6.07, 6.45) is 2.37. The highest BCUT2D eigenvalue weighted by atomic mass is 15.2. The van der Waals surface area contributed by atoms with Crippen molar-refractivity contribution in [1.82, 2.24) is 4.90 Å². The molecular formula is C15H24N2. The monoisotopic (exact) mass is 232 g/mol. The summed E-state index contributed by atoms with van der Waals surface area (Å²) < 4.78 is 0. The standard InChI is InChI=1S/C15H24N2/c1-12-7-4-5-8-13(12)11-17-10-6-9-14(16)15(17,2)3/h4-5,7-8,14H,6,9-11,16H2,1-3H3. The molecular weight excluding hydrogens is 208 g/mol. The Hall–Kier alpha value is -0.860. The van der Waals surface area contributed by atoms with Crippen LogP contribution in [0, 0.1) is 6.92 Å². The minimum absolute atomic E-state index is 0.112. The first kappa shape index (κ1) is 12.6. The third-order valence-electron chi connectivity index (χ3n) is 4.29. The number of hydrogen-bond acceptors (Lipinski definition) is 2. The Balaban J connectivity index is 2.15. The van der Waals surface area contributed by atoms with E-state index in [1.165, 1.54) is 17.5 Å². The van der Waals surface area contributed by atoms with E-state index >= 15 is 0 Å². The van der Waals surface area contributed by atoms with Gasteiger partial charge in [-0.2, -0.15) is 0 Å². The molecule has 0 aliphatic carbocycles. The number of hydrogen-bond donors (Lipinski definition) is 1. The predicted molar refractivity (Wildman–Crippen MR) is 72.9 cm³/mol. The molecule has 2 heteroatoms. The molecule has 1 aliphatic rings. The van der Waals surface area contributed by atoms with Gasteiger partial charge in [0.05, 0.1) is 0 Å². The summed E-state index contributed by atoms with van der Waals surface area (Å²) in [5, 5.41) is 0. The first-order valence-corrected chi connectivity index (χ1v) is 6.57. The van der Waals surface area contributed by atoms with Crippen LogP contribution in [0.3, 0.4) is 0 Å². The van der Waals surface area contributed by atoms with Gasteiger partial charge in [-0.1, -0.05) is 24.3 Å². The van der Waals surface area contributed by atoms with E-state index in [1.54, 1.807) is 0 Å². The number of benzene rings is 1. The summed E-state index contributed by atoms with van der Waals surface area (Å²) in [5.74, 6) is 0. The molecule has 0 spiro atoms. The van der Waals surface area contributed by atoms with Crippen molar-refractivity contribution >= 4 is 0 Å².